The molecule has 1 aliphatic rings. The molecule has 6 heteroatoms. The molecule has 2 aromatic heterocycles. The molecule has 0 spiro atoms. The van der Waals surface area contributed by atoms with Crippen molar-refractivity contribution in [3.8, 4) is 0 Å². The summed E-state index contributed by atoms with van der Waals surface area (Å²) in [6.45, 7) is 1.86. The second-order valence-corrected chi connectivity index (χ2v) is 7.17. The van der Waals surface area contributed by atoms with E-state index in [0.29, 0.717) is 16.8 Å². The lowest BCUT2D eigenvalue weighted by Gasteiger charge is -2.21. The van der Waals surface area contributed by atoms with Crippen LogP contribution in [0.25, 0.3) is 10.9 Å². The highest BCUT2D eigenvalue weighted by atomic mass is 19.1. The lowest BCUT2D eigenvalue weighted by molar-refractivity contribution is 0.0997. The minimum atomic E-state index is -0.675. The molecule has 0 atom stereocenters. The first-order valence-corrected chi connectivity index (χ1v) is 9.49. The second-order valence-electron chi connectivity index (χ2n) is 7.17. The van der Waals surface area contributed by atoms with Gasteiger partial charge in [0.25, 0.3) is 5.91 Å². The quantitative estimate of drug-likeness (QED) is 0.697. The Balaban J connectivity index is 0.000000236. The van der Waals surface area contributed by atoms with Crippen LogP contribution in [0.2, 0.25) is 0 Å². The number of nitrogens with one attached hydrogen (secondary N) is 1. The van der Waals surface area contributed by atoms with E-state index in [0.717, 1.165) is 24.1 Å². The number of nitrogens with zero attached hydrogens (tertiary/aromatic N) is 1. The first-order valence-electron chi connectivity index (χ1n) is 9.49. The largest absolute Gasteiger partial charge is 0.364 e. The summed E-state index contributed by atoms with van der Waals surface area (Å²) in [5, 5.41) is 0.291. The summed E-state index contributed by atoms with van der Waals surface area (Å²) in [5.41, 5.74) is 7.70. The number of hydrogen-bond donors (Lipinski definition) is 2. The number of aromatic nitrogens is 2. The maximum absolute atomic E-state index is 12.3. The molecule has 0 aliphatic heterocycles. The highest BCUT2D eigenvalue weighted by Crippen LogP contribution is 2.31. The van der Waals surface area contributed by atoms with Gasteiger partial charge in [0.1, 0.15) is 11.5 Å². The van der Waals surface area contributed by atoms with Crippen LogP contribution in [-0.2, 0) is 0 Å². The minimum Gasteiger partial charge on any atom is -0.364 e. The van der Waals surface area contributed by atoms with Crippen molar-refractivity contribution >= 4 is 16.8 Å². The molecule has 0 unspecified atom stereocenters. The van der Waals surface area contributed by atoms with Crippen LogP contribution in [0.1, 0.15) is 59.8 Å². The molecule has 0 radical (unpaired) electrons. The number of carbonyl (C=O) groups is 1. The number of fused-ring (bicyclic) bond motifs is 1. The van der Waals surface area contributed by atoms with Crippen molar-refractivity contribution in [2.24, 2.45) is 5.73 Å². The monoisotopic (exact) mass is 381 g/mol. The van der Waals surface area contributed by atoms with Gasteiger partial charge in [-0.2, -0.15) is 0 Å². The van der Waals surface area contributed by atoms with Gasteiger partial charge < -0.3 is 10.7 Å². The van der Waals surface area contributed by atoms with Crippen LogP contribution in [-0.4, -0.2) is 15.9 Å². The maximum atomic E-state index is 12.3. The van der Waals surface area contributed by atoms with Crippen molar-refractivity contribution in [1.82, 2.24) is 9.97 Å². The van der Waals surface area contributed by atoms with E-state index in [4.69, 9.17) is 5.73 Å². The molecular weight excluding hydrogens is 357 g/mol. The smallest absolute Gasteiger partial charge is 0.268 e. The van der Waals surface area contributed by atoms with Crippen LogP contribution in [0.15, 0.2) is 47.4 Å². The fourth-order valence-corrected chi connectivity index (χ4v) is 3.65. The van der Waals surface area contributed by atoms with Crippen LogP contribution in [0.4, 0.5) is 4.39 Å². The number of primary amides is 1. The van der Waals surface area contributed by atoms with Crippen molar-refractivity contribution in [2.45, 2.75) is 44.9 Å². The number of pyridine rings is 2. The van der Waals surface area contributed by atoms with Crippen LogP contribution in [0, 0.1) is 12.7 Å². The number of hydrogen-bond acceptors (Lipinski definition) is 3. The third-order valence-electron chi connectivity index (χ3n) is 5.02. The highest BCUT2D eigenvalue weighted by molar-refractivity contribution is 6.03. The topological polar surface area (TPSA) is 88.8 Å². The first-order chi connectivity index (χ1) is 13.5. The summed E-state index contributed by atoms with van der Waals surface area (Å²) < 4.78 is 12.2. The zero-order valence-electron chi connectivity index (χ0n) is 15.9. The Morgan fingerprint density at radius 3 is 2.54 bits per heavy atom. The number of aromatic amines is 1. The Kier molecular flexibility index (Phi) is 6.19. The number of nitrogens with two attached hydrogens (primary N) is 1. The molecule has 0 bridgehead atoms. The molecule has 1 amide bonds. The number of halogens is 1. The summed E-state index contributed by atoms with van der Waals surface area (Å²) in [4.78, 5) is 30.9. The molecule has 1 saturated carbocycles. The van der Waals surface area contributed by atoms with E-state index in [9.17, 15) is 14.0 Å². The van der Waals surface area contributed by atoms with Crippen LogP contribution in [0.3, 0.4) is 0 Å². The highest BCUT2D eigenvalue weighted by Gasteiger charge is 2.19. The fourth-order valence-electron chi connectivity index (χ4n) is 3.65. The zero-order chi connectivity index (χ0) is 20.1. The predicted octanol–water partition coefficient (Wildman–Crippen LogP) is 4.20. The lowest BCUT2D eigenvalue weighted by Crippen LogP contribution is -2.19. The van der Waals surface area contributed by atoms with Gasteiger partial charge in [-0.3, -0.25) is 14.6 Å². The summed E-state index contributed by atoms with van der Waals surface area (Å²) in [6.07, 6.45) is 7.39. The number of benzene rings is 1. The SMILES string of the molecule is Cc1cccc(F)c1.NC(=O)c1nccc2[nH]c(C3CCCCC3)cc(=O)c12. The van der Waals surface area contributed by atoms with E-state index in [1.807, 2.05) is 13.0 Å². The third kappa shape index (κ3) is 4.63. The van der Waals surface area contributed by atoms with Gasteiger partial charge >= 0.3 is 0 Å². The lowest BCUT2D eigenvalue weighted by atomic mass is 9.86. The van der Waals surface area contributed by atoms with E-state index in [1.165, 1.54) is 37.6 Å². The van der Waals surface area contributed by atoms with E-state index >= 15 is 0 Å². The summed E-state index contributed by atoms with van der Waals surface area (Å²) >= 11 is 0. The van der Waals surface area contributed by atoms with Gasteiger partial charge in [-0.1, -0.05) is 31.4 Å². The van der Waals surface area contributed by atoms with Crippen molar-refractivity contribution in [2.75, 3.05) is 0 Å². The molecule has 0 saturated heterocycles. The van der Waals surface area contributed by atoms with Crippen molar-refractivity contribution in [3.63, 3.8) is 0 Å². The predicted molar refractivity (Wildman–Crippen MR) is 108 cm³/mol. The molecule has 1 aliphatic carbocycles. The number of aryl methyl sites for hydroxylation is 1. The number of rotatable bonds is 2. The van der Waals surface area contributed by atoms with Crippen molar-refractivity contribution in [3.05, 3.63) is 75.6 Å². The molecule has 1 aromatic carbocycles. The second kappa shape index (κ2) is 8.78. The first kappa shape index (κ1) is 19.7. The minimum absolute atomic E-state index is 0.0407. The molecule has 28 heavy (non-hydrogen) atoms. The van der Waals surface area contributed by atoms with Crippen molar-refractivity contribution in [1.29, 1.82) is 0 Å². The van der Waals surface area contributed by atoms with E-state index in [-0.39, 0.29) is 16.9 Å². The molecule has 4 rings (SSSR count). The Morgan fingerprint density at radius 1 is 1.18 bits per heavy atom. The van der Waals surface area contributed by atoms with Crippen LogP contribution >= 0.6 is 0 Å². The van der Waals surface area contributed by atoms with E-state index < -0.39 is 5.91 Å². The molecular formula is C22H24FN3O2. The Labute approximate surface area is 162 Å². The fraction of sp³-hybridized carbons (Fsp3) is 0.318. The zero-order valence-corrected chi connectivity index (χ0v) is 15.9. The van der Waals surface area contributed by atoms with E-state index in [1.54, 1.807) is 18.2 Å². The Hall–Kier alpha value is -3.02. The van der Waals surface area contributed by atoms with Gasteiger partial charge in [-0.05, 0) is 49.4 Å². The van der Waals surface area contributed by atoms with E-state index in [2.05, 4.69) is 9.97 Å². The van der Waals surface area contributed by atoms with Gasteiger partial charge in [0, 0.05) is 18.0 Å². The normalized spacial score (nSPS) is 14.4. The summed E-state index contributed by atoms with van der Waals surface area (Å²) in [7, 11) is 0. The molecule has 2 heterocycles. The summed E-state index contributed by atoms with van der Waals surface area (Å²) in [5.74, 6) is -0.428. The van der Waals surface area contributed by atoms with Gasteiger partial charge in [0.05, 0.1) is 10.9 Å². The number of amides is 1. The molecule has 146 valence electrons. The van der Waals surface area contributed by atoms with Crippen molar-refractivity contribution < 1.29 is 9.18 Å². The van der Waals surface area contributed by atoms with Crippen LogP contribution in [0.5, 0.6) is 0 Å². The van der Waals surface area contributed by atoms with Gasteiger partial charge in [-0.15, -0.1) is 0 Å². The van der Waals surface area contributed by atoms with Gasteiger partial charge in [0.2, 0.25) is 0 Å². The number of carbonyl (C=O) groups excluding carboxylic acids is 1. The summed E-state index contributed by atoms with van der Waals surface area (Å²) in [6, 6.07) is 9.82. The van der Waals surface area contributed by atoms with Gasteiger partial charge in [0.15, 0.2) is 5.43 Å². The standard InChI is InChI=1S/C15H17N3O2.C7H7F/c16-15(20)14-13-10(6-7-17-14)18-11(8-12(13)19)9-4-2-1-3-5-9;1-6-3-2-4-7(8)5-6/h6-9H,1-5H2,(H2,16,20)(H,18,19);2-5H,1H3. The van der Waals surface area contributed by atoms with Crippen LogP contribution < -0.4 is 11.2 Å². The maximum Gasteiger partial charge on any atom is 0.268 e. The Morgan fingerprint density at radius 2 is 1.93 bits per heavy atom. The molecule has 3 N–H and O–H groups in total. The third-order valence-corrected chi connectivity index (χ3v) is 5.02. The average Bonchev–Trinajstić information content (AvgIpc) is 2.68. The molecule has 5 nitrogen and oxygen atoms in total. The van der Waals surface area contributed by atoms with Gasteiger partial charge in [-0.25, -0.2) is 4.39 Å². The molecule has 3 aromatic rings. The average molecular weight is 381 g/mol. The molecule has 1 fully saturated rings. The number of H-pyrrole nitrogens is 1. The Bertz CT molecular complexity index is 1020.